The van der Waals surface area contributed by atoms with Crippen molar-refractivity contribution in [3.8, 4) is 11.3 Å². The average molecular weight is 607 g/mol. The van der Waals surface area contributed by atoms with Gasteiger partial charge in [0.25, 0.3) is 0 Å². The number of ether oxygens (including phenoxy) is 1. The van der Waals surface area contributed by atoms with Crippen LogP contribution in [0, 0.1) is 0 Å². The number of anilines is 1. The van der Waals surface area contributed by atoms with Crippen molar-refractivity contribution in [2.75, 3.05) is 44.3 Å². The summed E-state index contributed by atoms with van der Waals surface area (Å²) in [5, 5.41) is 0.434. The number of halogens is 2. The van der Waals surface area contributed by atoms with Crippen molar-refractivity contribution in [2.24, 2.45) is 0 Å². The Morgan fingerprint density at radius 1 is 1.02 bits per heavy atom. The van der Waals surface area contributed by atoms with Crippen molar-refractivity contribution in [1.29, 1.82) is 0 Å². The van der Waals surface area contributed by atoms with Crippen LogP contribution in [0.1, 0.15) is 64.5 Å². The molecule has 1 spiro atoms. The molecule has 0 N–H and O–H groups in total. The van der Waals surface area contributed by atoms with E-state index in [1.165, 1.54) is 0 Å². The van der Waals surface area contributed by atoms with Gasteiger partial charge in [0.2, 0.25) is 5.91 Å². The number of pyridine rings is 1. The van der Waals surface area contributed by atoms with Gasteiger partial charge in [-0.05, 0) is 83.7 Å². The highest BCUT2D eigenvalue weighted by molar-refractivity contribution is 6.34. The lowest BCUT2D eigenvalue weighted by Crippen LogP contribution is -2.59. The Balaban J connectivity index is 1.14. The van der Waals surface area contributed by atoms with E-state index >= 15 is 0 Å². The van der Waals surface area contributed by atoms with Crippen LogP contribution in [-0.2, 0) is 14.9 Å². The summed E-state index contributed by atoms with van der Waals surface area (Å²) < 4.78 is 22.1. The largest absolute Gasteiger partial charge is 0.378 e. The summed E-state index contributed by atoms with van der Waals surface area (Å²) >= 11 is 6.74. The third kappa shape index (κ3) is 4.36. The zero-order chi connectivity index (χ0) is 29.7. The number of rotatable bonds is 5. The maximum atomic E-state index is 14.6. The van der Waals surface area contributed by atoms with Gasteiger partial charge in [-0.1, -0.05) is 23.7 Å². The predicted molar refractivity (Wildman–Crippen MR) is 165 cm³/mol. The second-order valence-corrected chi connectivity index (χ2v) is 14.4. The number of aromatic nitrogens is 3. The monoisotopic (exact) mass is 606 g/mol. The van der Waals surface area contributed by atoms with Gasteiger partial charge in [-0.25, -0.2) is 14.4 Å². The first kappa shape index (κ1) is 27.9. The number of benzene rings is 1. The Kier molecular flexibility index (Phi) is 6.47. The maximum Gasteiger partial charge on any atom is 0.238 e. The molecule has 8 nitrogen and oxygen atoms in total. The number of likely N-dealkylation sites (tertiary alicyclic amines) is 2. The van der Waals surface area contributed by atoms with E-state index < -0.39 is 11.1 Å². The molecule has 3 saturated heterocycles. The molecule has 5 aliphatic rings. The molecule has 0 radical (unpaired) electrons. The summed E-state index contributed by atoms with van der Waals surface area (Å²) in [6.45, 7) is 10.6. The summed E-state index contributed by atoms with van der Waals surface area (Å²) in [4.78, 5) is 30.9. The standard InChI is InChI=1S/C33H40ClFN6O2/c1-20(2)40-19-36-27-15-26(37-30(34)29(27)40)21-4-5-25-28(12-21)41(23-13-22(14-23)39-9-6-32(3,35)18-39)31(42)33(25)7-10-38(11-8-33)24-16-43-17-24/h4-5,12,15,19-20,22-24H,6-11,13-14,16-18H2,1-3H3. The van der Waals surface area contributed by atoms with Crippen LogP contribution in [0.5, 0.6) is 0 Å². The number of piperidine rings is 1. The van der Waals surface area contributed by atoms with Crippen molar-refractivity contribution in [3.05, 3.63) is 41.3 Å². The zero-order valence-electron chi connectivity index (χ0n) is 25.2. The van der Waals surface area contributed by atoms with Gasteiger partial charge in [-0.3, -0.25) is 14.6 Å². The summed E-state index contributed by atoms with van der Waals surface area (Å²) in [5.74, 6) is 0.237. The predicted octanol–water partition coefficient (Wildman–Crippen LogP) is 5.38. The first-order valence-corrected chi connectivity index (χ1v) is 16.3. The fraction of sp³-hybridized carbons (Fsp3) is 0.606. The van der Waals surface area contributed by atoms with E-state index in [4.69, 9.17) is 21.3 Å². The van der Waals surface area contributed by atoms with Crippen LogP contribution in [0.3, 0.4) is 0 Å². The van der Waals surface area contributed by atoms with E-state index in [1.807, 2.05) is 17.0 Å². The van der Waals surface area contributed by atoms with E-state index in [1.54, 1.807) is 6.92 Å². The lowest BCUT2D eigenvalue weighted by Gasteiger charge is -2.47. The number of nitrogens with zero attached hydrogens (tertiary/aromatic N) is 6. The van der Waals surface area contributed by atoms with E-state index in [9.17, 15) is 9.18 Å². The molecule has 8 rings (SSSR count). The van der Waals surface area contributed by atoms with E-state index in [2.05, 4.69) is 51.7 Å². The van der Waals surface area contributed by atoms with Gasteiger partial charge in [0.1, 0.15) is 11.2 Å². The third-order valence-electron chi connectivity index (χ3n) is 11.0. The molecule has 1 saturated carbocycles. The van der Waals surface area contributed by atoms with Gasteiger partial charge in [0.15, 0.2) is 5.15 Å². The summed E-state index contributed by atoms with van der Waals surface area (Å²) in [6, 6.07) is 9.57. The van der Waals surface area contributed by atoms with Gasteiger partial charge >= 0.3 is 0 Å². The molecular weight excluding hydrogens is 567 g/mol. The van der Waals surface area contributed by atoms with Crippen molar-refractivity contribution >= 4 is 34.2 Å². The van der Waals surface area contributed by atoms with Crippen LogP contribution in [0.2, 0.25) is 5.15 Å². The molecular formula is C33H40ClFN6O2. The van der Waals surface area contributed by atoms with Gasteiger partial charge in [0.05, 0.1) is 42.2 Å². The number of alkyl halides is 1. The molecule has 228 valence electrons. The van der Waals surface area contributed by atoms with Crippen LogP contribution < -0.4 is 4.90 Å². The highest BCUT2D eigenvalue weighted by Gasteiger charge is 2.56. The molecule has 4 aliphatic heterocycles. The SMILES string of the molecule is CC(C)n1cnc2cc(-c3ccc4c(c3)N(C3CC(N5CCC(C)(F)C5)C3)C(=O)C43CCN(C4COC4)CC3)nc(Cl)c21. The number of hydrogen-bond donors (Lipinski definition) is 0. The minimum absolute atomic E-state index is 0.121. The highest BCUT2D eigenvalue weighted by Crippen LogP contribution is 2.52. The summed E-state index contributed by atoms with van der Waals surface area (Å²) in [5.41, 5.74) is 3.88. The smallest absolute Gasteiger partial charge is 0.238 e. The number of fused-ring (bicyclic) bond motifs is 3. The molecule has 10 heteroatoms. The quantitative estimate of drug-likeness (QED) is 0.364. The number of carbonyl (C=O) groups is 1. The molecule has 4 fully saturated rings. The van der Waals surface area contributed by atoms with Crippen LogP contribution in [0.25, 0.3) is 22.3 Å². The molecule has 1 atom stereocenters. The topological polar surface area (TPSA) is 66.7 Å². The van der Waals surface area contributed by atoms with Crippen molar-refractivity contribution < 1.29 is 13.9 Å². The lowest BCUT2D eigenvalue weighted by atomic mass is 9.73. The second-order valence-electron chi connectivity index (χ2n) is 14.0. The molecule has 2 aromatic heterocycles. The lowest BCUT2D eigenvalue weighted by molar-refractivity contribution is -0.128. The van der Waals surface area contributed by atoms with E-state index in [-0.39, 0.29) is 18.0 Å². The number of hydrogen-bond acceptors (Lipinski definition) is 6. The molecule has 3 aromatic rings. The molecule has 1 aliphatic carbocycles. The number of amides is 1. The van der Waals surface area contributed by atoms with Crippen molar-refractivity contribution in [3.63, 3.8) is 0 Å². The molecule has 43 heavy (non-hydrogen) atoms. The third-order valence-corrected chi connectivity index (χ3v) is 11.2. The van der Waals surface area contributed by atoms with Crippen molar-refractivity contribution in [1.82, 2.24) is 24.3 Å². The van der Waals surface area contributed by atoms with E-state index in [0.29, 0.717) is 30.2 Å². The molecule has 1 unspecified atom stereocenters. The number of imidazole rings is 1. The minimum atomic E-state index is -1.11. The van der Waals surface area contributed by atoms with Crippen LogP contribution in [0.15, 0.2) is 30.6 Å². The van der Waals surface area contributed by atoms with Crippen molar-refractivity contribution in [2.45, 2.75) is 88.1 Å². The Bertz CT molecular complexity index is 1590. The minimum Gasteiger partial charge on any atom is -0.378 e. The number of carbonyl (C=O) groups excluding carboxylic acids is 1. The fourth-order valence-electron chi connectivity index (χ4n) is 8.19. The van der Waals surface area contributed by atoms with Gasteiger partial charge in [0, 0.05) is 42.5 Å². The van der Waals surface area contributed by atoms with Crippen LogP contribution >= 0.6 is 11.6 Å². The van der Waals surface area contributed by atoms with E-state index in [0.717, 1.165) is 92.1 Å². The summed E-state index contributed by atoms with van der Waals surface area (Å²) in [7, 11) is 0. The molecule has 6 heterocycles. The van der Waals surface area contributed by atoms with Gasteiger partial charge < -0.3 is 14.2 Å². The van der Waals surface area contributed by atoms with Gasteiger partial charge in [-0.2, -0.15) is 0 Å². The Morgan fingerprint density at radius 2 is 1.77 bits per heavy atom. The van der Waals surface area contributed by atoms with Crippen LogP contribution in [0.4, 0.5) is 10.1 Å². The Morgan fingerprint density at radius 3 is 2.42 bits per heavy atom. The van der Waals surface area contributed by atoms with Crippen LogP contribution in [-0.4, -0.2) is 93.4 Å². The highest BCUT2D eigenvalue weighted by atomic mass is 35.5. The van der Waals surface area contributed by atoms with Gasteiger partial charge in [-0.15, -0.1) is 0 Å². The first-order valence-electron chi connectivity index (χ1n) is 15.9. The fourth-order valence-corrected chi connectivity index (χ4v) is 8.48. The summed E-state index contributed by atoms with van der Waals surface area (Å²) in [6.07, 6.45) is 5.81. The Hall–Kier alpha value is -2.59. The zero-order valence-corrected chi connectivity index (χ0v) is 26.0. The second kappa shape index (κ2) is 9.96. The molecule has 0 bridgehead atoms. The average Bonchev–Trinajstić information content (AvgIpc) is 3.58. The molecule has 1 amide bonds. The Labute approximate surface area is 257 Å². The first-order chi connectivity index (χ1) is 20.6. The normalized spacial score (nSPS) is 29.5. The maximum absolute atomic E-state index is 14.6. The molecule has 1 aromatic carbocycles.